The number of urea groups is 1. The highest BCUT2D eigenvalue weighted by Crippen LogP contribution is 2.15. The summed E-state index contributed by atoms with van der Waals surface area (Å²) in [6.07, 6.45) is 4.69. The maximum atomic E-state index is 12.1. The van der Waals surface area contributed by atoms with Gasteiger partial charge in [-0.15, -0.1) is 0 Å². The van der Waals surface area contributed by atoms with Gasteiger partial charge < -0.3 is 20.6 Å². The smallest absolute Gasteiger partial charge is 0.317 e. The standard InChI is InChI=1S/C15H29N3O3/c1-3-12(4-5-14(19)20)6-11-17-15(21)18(2)13-7-9-16-10-8-13/h12-13,16H,3-11H2,1-2H3,(H,17,21)(H,19,20). The van der Waals surface area contributed by atoms with Gasteiger partial charge >= 0.3 is 12.0 Å². The van der Waals surface area contributed by atoms with E-state index in [-0.39, 0.29) is 12.5 Å². The Labute approximate surface area is 127 Å². The van der Waals surface area contributed by atoms with Gasteiger partial charge in [0.1, 0.15) is 0 Å². The zero-order valence-corrected chi connectivity index (χ0v) is 13.2. The minimum absolute atomic E-state index is 0.0185. The number of piperidine rings is 1. The number of carboxylic acid groups (broad SMARTS) is 1. The van der Waals surface area contributed by atoms with Crippen molar-refractivity contribution in [2.24, 2.45) is 5.92 Å². The van der Waals surface area contributed by atoms with Crippen LogP contribution in [-0.2, 0) is 4.79 Å². The summed E-state index contributed by atoms with van der Waals surface area (Å²) in [6.45, 7) is 4.62. The summed E-state index contributed by atoms with van der Waals surface area (Å²) in [7, 11) is 1.85. The van der Waals surface area contributed by atoms with Crippen LogP contribution in [0.15, 0.2) is 0 Å². The second-order valence-corrected chi connectivity index (χ2v) is 5.82. The van der Waals surface area contributed by atoms with Crippen LogP contribution < -0.4 is 10.6 Å². The van der Waals surface area contributed by atoms with Gasteiger partial charge in [0.25, 0.3) is 0 Å². The van der Waals surface area contributed by atoms with Crippen molar-refractivity contribution >= 4 is 12.0 Å². The summed E-state index contributed by atoms with van der Waals surface area (Å²) >= 11 is 0. The quantitative estimate of drug-likeness (QED) is 0.636. The molecule has 1 rings (SSSR count). The molecule has 6 heteroatoms. The predicted octanol–water partition coefficient (Wildman–Crippen LogP) is 1.66. The molecule has 1 unspecified atom stereocenters. The zero-order chi connectivity index (χ0) is 15.7. The molecule has 0 saturated carbocycles. The van der Waals surface area contributed by atoms with E-state index < -0.39 is 5.97 Å². The summed E-state index contributed by atoms with van der Waals surface area (Å²) in [6, 6.07) is 0.301. The Bertz CT molecular complexity index is 330. The molecule has 0 spiro atoms. The van der Waals surface area contributed by atoms with Gasteiger partial charge in [0.2, 0.25) is 0 Å². The van der Waals surface area contributed by atoms with Crippen molar-refractivity contribution in [3.8, 4) is 0 Å². The Morgan fingerprint density at radius 2 is 2.00 bits per heavy atom. The van der Waals surface area contributed by atoms with Gasteiger partial charge in [-0.1, -0.05) is 13.3 Å². The van der Waals surface area contributed by atoms with E-state index in [4.69, 9.17) is 5.11 Å². The first kappa shape index (κ1) is 17.8. The van der Waals surface area contributed by atoms with Crippen molar-refractivity contribution in [2.75, 3.05) is 26.7 Å². The molecule has 1 aliphatic heterocycles. The van der Waals surface area contributed by atoms with Crippen LogP contribution in [0.3, 0.4) is 0 Å². The highest BCUT2D eigenvalue weighted by Gasteiger charge is 2.21. The van der Waals surface area contributed by atoms with Gasteiger partial charge in [0, 0.05) is 26.1 Å². The number of aliphatic carboxylic acids is 1. The Morgan fingerprint density at radius 1 is 1.33 bits per heavy atom. The molecular formula is C15H29N3O3. The van der Waals surface area contributed by atoms with Crippen LogP contribution in [-0.4, -0.2) is 54.7 Å². The maximum Gasteiger partial charge on any atom is 0.317 e. The number of carbonyl (C=O) groups is 2. The molecule has 1 heterocycles. The van der Waals surface area contributed by atoms with Crippen molar-refractivity contribution in [1.29, 1.82) is 0 Å². The first-order valence-corrected chi connectivity index (χ1v) is 7.97. The lowest BCUT2D eigenvalue weighted by Crippen LogP contribution is -2.48. The number of hydrogen-bond acceptors (Lipinski definition) is 3. The molecule has 21 heavy (non-hydrogen) atoms. The molecule has 0 aromatic heterocycles. The molecular weight excluding hydrogens is 270 g/mol. The van der Waals surface area contributed by atoms with Crippen LogP contribution in [0, 0.1) is 5.92 Å². The van der Waals surface area contributed by atoms with Crippen molar-refractivity contribution in [3.05, 3.63) is 0 Å². The van der Waals surface area contributed by atoms with E-state index in [1.54, 1.807) is 4.90 Å². The molecule has 1 atom stereocenters. The Hall–Kier alpha value is -1.30. The topological polar surface area (TPSA) is 81.7 Å². The lowest BCUT2D eigenvalue weighted by atomic mass is 9.97. The number of hydrogen-bond donors (Lipinski definition) is 3. The first-order chi connectivity index (χ1) is 10.0. The SMILES string of the molecule is CCC(CCNC(=O)N(C)C1CCNCC1)CCC(=O)O. The molecule has 1 aliphatic rings. The fourth-order valence-electron chi connectivity index (χ4n) is 2.75. The van der Waals surface area contributed by atoms with Crippen LogP contribution in [0.1, 0.15) is 45.4 Å². The zero-order valence-electron chi connectivity index (χ0n) is 13.2. The van der Waals surface area contributed by atoms with Gasteiger partial charge in [-0.3, -0.25) is 4.79 Å². The van der Waals surface area contributed by atoms with Crippen LogP contribution in [0.4, 0.5) is 4.79 Å². The second kappa shape index (κ2) is 9.60. The van der Waals surface area contributed by atoms with E-state index >= 15 is 0 Å². The molecule has 3 N–H and O–H groups in total. The minimum Gasteiger partial charge on any atom is -0.481 e. The first-order valence-electron chi connectivity index (χ1n) is 7.97. The van der Waals surface area contributed by atoms with Crippen LogP contribution in [0.25, 0.3) is 0 Å². The summed E-state index contributed by atoms with van der Waals surface area (Å²) in [5.74, 6) is -0.381. The Kier molecular flexibility index (Phi) is 8.12. The molecule has 0 aromatic rings. The number of nitrogens with one attached hydrogen (secondary N) is 2. The van der Waals surface area contributed by atoms with Crippen molar-refractivity contribution in [2.45, 2.75) is 51.5 Å². The molecule has 1 saturated heterocycles. The Balaban J connectivity index is 2.23. The number of carboxylic acids is 1. The number of nitrogens with zero attached hydrogens (tertiary/aromatic N) is 1. The molecule has 1 fully saturated rings. The van der Waals surface area contributed by atoms with E-state index in [0.29, 0.717) is 24.9 Å². The number of carbonyl (C=O) groups excluding carboxylic acids is 1. The fraction of sp³-hybridized carbons (Fsp3) is 0.867. The van der Waals surface area contributed by atoms with Crippen molar-refractivity contribution < 1.29 is 14.7 Å². The monoisotopic (exact) mass is 299 g/mol. The highest BCUT2D eigenvalue weighted by atomic mass is 16.4. The normalized spacial score (nSPS) is 17.2. The average molecular weight is 299 g/mol. The van der Waals surface area contributed by atoms with E-state index in [1.165, 1.54) is 0 Å². The summed E-state index contributed by atoms with van der Waals surface area (Å²) in [5.41, 5.74) is 0. The third-order valence-corrected chi connectivity index (χ3v) is 4.35. The molecule has 122 valence electrons. The van der Waals surface area contributed by atoms with Gasteiger partial charge in [-0.25, -0.2) is 4.79 Å². The minimum atomic E-state index is -0.747. The average Bonchev–Trinajstić information content (AvgIpc) is 2.50. The summed E-state index contributed by atoms with van der Waals surface area (Å²) in [4.78, 5) is 24.5. The van der Waals surface area contributed by atoms with Crippen molar-refractivity contribution in [1.82, 2.24) is 15.5 Å². The third kappa shape index (κ3) is 6.80. The van der Waals surface area contributed by atoms with Gasteiger partial charge in [0.05, 0.1) is 0 Å². The summed E-state index contributed by atoms with van der Waals surface area (Å²) < 4.78 is 0. The molecule has 0 bridgehead atoms. The van der Waals surface area contributed by atoms with Gasteiger partial charge in [-0.05, 0) is 44.7 Å². The van der Waals surface area contributed by atoms with E-state index in [2.05, 4.69) is 17.6 Å². The molecule has 6 nitrogen and oxygen atoms in total. The third-order valence-electron chi connectivity index (χ3n) is 4.35. The van der Waals surface area contributed by atoms with E-state index in [0.717, 1.165) is 38.8 Å². The highest BCUT2D eigenvalue weighted by molar-refractivity contribution is 5.74. The number of rotatable bonds is 8. The van der Waals surface area contributed by atoms with Gasteiger partial charge in [-0.2, -0.15) is 0 Å². The lowest BCUT2D eigenvalue weighted by molar-refractivity contribution is -0.137. The molecule has 0 aromatic carbocycles. The van der Waals surface area contributed by atoms with Crippen LogP contribution >= 0.6 is 0 Å². The second-order valence-electron chi connectivity index (χ2n) is 5.82. The summed E-state index contributed by atoms with van der Waals surface area (Å²) in [5, 5.41) is 14.9. The van der Waals surface area contributed by atoms with E-state index in [1.807, 2.05) is 7.05 Å². The van der Waals surface area contributed by atoms with Gasteiger partial charge in [0.15, 0.2) is 0 Å². The largest absolute Gasteiger partial charge is 0.481 e. The number of amides is 2. The van der Waals surface area contributed by atoms with E-state index in [9.17, 15) is 9.59 Å². The maximum absolute atomic E-state index is 12.1. The molecule has 2 amide bonds. The molecule has 0 radical (unpaired) electrons. The van der Waals surface area contributed by atoms with Crippen LogP contribution in [0.2, 0.25) is 0 Å². The molecule has 0 aliphatic carbocycles. The van der Waals surface area contributed by atoms with Crippen LogP contribution in [0.5, 0.6) is 0 Å². The Morgan fingerprint density at radius 3 is 2.57 bits per heavy atom. The fourth-order valence-corrected chi connectivity index (χ4v) is 2.75. The lowest BCUT2D eigenvalue weighted by Gasteiger charge is -2.31. The van der Waals surface area contributed by atoms with Crippen molar-refractivity contribution in [3.63, 3.8) is 0 Å². The predicted molar refractivity (Wildman–Crippen MR) is 82.3 cm³/mol.